The zero-order chi connectivity index (χ0) is 39.5. The molecule has 2 aromatic carbocycles. The van der Waals surface area contributed by atoms with Crippen LogP contribution in [0.15, 0.2) is 71.7 Å². The highest BCUT2D eigenvalue weighted by Gasteiger charge is 2.34. The number of amides is 3. The number of rotatable bonds is 13. The maximum absolute atomic E-state index is 14.4. The van der Waals surface area contributed by atoms with Crippen LogP contribution < -0.4 is 25.8 Å². The van der Waals surface area contributed by atoms with E-state index in [1.165, 1.54) is 0 Å². The van der Waals surface area contributed by atoms with Crippen LogP contribution in [0.4, 0.5) is 18.4 Å². The van der Waals surface area contributed by atoms with Crippen LogP contribution in [0, 0.1) is 11.6 Å². The lowest BCUT2D eigenvalue weighted by Crippen LogP contribution is -2.51. The van der Waals surface area contributed by atoms with Gasteiger partial charge in [-0.2, -0.15) is 0 Å². The summed E-state index contributed by atoms with van der Waals surface area (Å²) < 4.78 is 50.8. The van der Waals surface area contributed by atoms with E-state index >= 15 is 0 Å². The van der Waals surface area contributed by atoms with Crippen molar-refractivity contribution in [3.05, 3.63) is 111 Å². The molecular formula is C38H46F2N4O9. The number of hydrogen-bond acceptors (Lipinski definition) is 9. The quantitative estimate of drug-likeness (QED) is 0.119. The first-order chi connectivity index (χ1) is 24.8. The number of benzene rings is 2. The molecule has 0 spiro atoms. The van der Waals surface area contributed by atoms with Crippen LogP contribution in [-0.2, 0) is 27.4 Å². The molecule has 0 saturated carbocycles. The Labute approximate surface area is 306 Å². The van der Waals surface area contributed by atoms with Gasteiger partial charge < -0.3 is 29.6 Å². The lowest BCUT2D eigenvalue weighted by Gasteiger charge is -2.34. The highest BCUT2D eigenvalue weighted by atomic mass is 19.1. The molecule has 0 unspecified atom stereocenters. The molecule has 0 aliphatic carbocycles. The van der Waals surface area contributed by atoms with Crippen molar-refractivity contribution in [1.82, 2.24) is 15.3 Å². The Morgan fingerprint density at radius 3 is 2.19 bits per heavy atom. The van der Waals surface area contributed by atoms with Gasteiger partial charge in [-0.25, -0.2) is 32.8 Å². The van der Waals surface area contributed by atoms with Crippen molar-refractivity contribution >= 4 is 24.1 Å². The van der Waals surface area contributed by atoms with Gasteiger partial charge in [-0.15, -0.1) is 0 Å². The number of alkyl carbamates (subject to hydrolysis) is 1. The average molecular weight is 741 g/mol. The van der Waals surface area contributed by atoms with Gasteiger partial charge in [0.2, 0.25) is 11.2 Å². The number of nitrogens with one attached hydrogen (secondary N) is 2. The number of ether oxygens (including phenoxy) is 4. The summed E-state index contributed by atoms with van der Waals surface area (Å²) in [5, 5.41) is 6.05. The van der Waals surface area contributed by atoms with Crippen LogP contribution in [-0.4, -0.2) is 59.6 Å². The fourth-order valence-electron chi connectivity index (χ4n) is 4.72. The van der Waals surface area contributed by atoms with E-state index in [1.54, 1.807) is 91.0 Å². The summed E-state index contributed by atoms with van der Waals surface area (Å²) in [5.74, 6) is -4.44. The number of methoxy groups -OCH3 is 1. The molecule has 3 rings (SSSR count). The van der Waals surface area contributed by atoms with Gasteiger partial charge in [-0.1, -0.05) is 48.6 Å². The number of carbonyl (C=O) groups is 4. The molecule has 286 valence electrons. The van der Waals surface area contributed by atoms with E-state index in [1.807, 2.05) is 0 Å². The van der Waals surface area contributed by atoms with E-state index in [0.29, 0.717) is 11.6 Å². The van der Waals surface area contributed by atoms with Crippen LogP contribution in [0.3, 0.4) is 0 Å². The maximum atomic E-state index is 14.4. The average Bonchev–Trinajstić information content (AvgIpc) is 3.06. The molecule has 1 heterocycles. The molecule has 3 amide bonds. The number of halogens is 2. The lowest BCUT2D eigenvalue weighted by molar-refractivity contribution is 0.0498. The van der Waals surface area contributed by atoms with E-state index in [2.05, 4.69) is 10.6 Å². The molecular weight excluding hydrogens is 694 g/mol. The minimum absolute atomic E-state index is 0.0660. The number of esters is 1. The molecule has 3 aromatic rings. The molecule has 15 heteroatoms. The van der Waals surface area contributed by atoms with E-state index in [9.17, 15) is 32.8 Å². The SMILES string of the molecule is COC(=O)c1c(OCc2ccccc2)c(=O)c(C(=O)NCc2ccc(F)cc2F)cn1N(C(=O)OC(C)(C)C)[C@@H](C)C/C=C\CNC(=O)OC(C)(C)C. The molecule has 1 atom stereocenters. The Bertz CT molecular complexity index is 1870. The Morgan fingerprint density at radius 1 is 0.925 bits per heavy atom. The number of pyridine rings is 1. The highest BCUT2D eigenvalue weighted by molar-refractivity contribution is 5.97. The van der Waals surface area contributed by atoms with E-state index in [0.717, 1.165) is 35.1 Å². The van der Waals surface area contributed by atoms with Crippen LogP contribution in [0.1, 0.15) is 86.9 Å². The van der Waals surface area contributed by atoms with Crippen molar-refractivity contribution < 1.29 is 46.9 Å². The predicted octanol–water partition coefficient (Wildman–Crippen LogP) is 6.15. The molecule has 0 aliphatic heterocycles. The summed E-state index contributed by atoms with van der Waals surface area (Å²) in [6, 6.07) is 10.6. The Kier molecular flexibility index (Phi) is 14.3. The number of hydrogen-bond donors (Lipinski definition) is 2. The summed E-state index contributed by atoms with van der Waals surface area (Å²) in [6.07, 6.45) is 2.78. The first-order valence-electron chi connectivity index (χ1n) is 16.7. The first kappa shape index (κ1) is 41.7. The summed E-state index contributed by atoms with van der Waals surface area (Å²) in [4.78, 5) is 67.1. The Morgan fingerprint density at radius 2 is 1.58 bits per heavy atom. The van der Waals surface area contributed by atoms with E-state index in [-0.39, 0.29) is 25.1 Å². The third kappa shape index (κ3) is 12.5. The minimum Gasteiger partial charge on any atom is -0.482 e. The zero-order valence-corrected chi connectivity index (χ0v) is 31.1. The fourth-order valence-corrected chi connectivity index (χ4v) is 4.72. The molecule has 0 saturated heterocycles. The maximum Gasteiger partial charge on any atom is 0.429 e. The normalized spacial score (nSPS) is 12.1. The van der Waals surface area contributed by atoms with E-state index < -0.39 is 81.9 Å². The van der Waals surface area contributed by atoms with Crippen LogP contribution in [0.2, 0.25) is 0 Å². The minimum atomic E-state index is -1.08. The molecule has 1 aromatic heterocycles. The summed E-state index contributed by atoms with van der Waals surface area (Å²) in [7, 11) is 1.07. The van der Waals surface area contributed by atoms with Crippen molar-refractivity contribution in [3.8, 4) is 5.75 Å². The summed E-state index contributed by atoms with van der Waals surface area (Å²) in [6.45, 7) is 11.1. The van der Waals surface area contributed by atoms with Crippen LogP contribution >= 0.6 is 0 Å². The van der Waals surface area contributed by atoms with Gasteiger partial charge in [0.1, 0.15) is 35.0 Å². The Balaban J connectivity index is 2.15. The topological polar surface area (TPSA) is 154 Å². The van der Waals surface area contributed by atoms with Crippen molar-refractivity contribution in [2.75, 3.05) is 18.7 Å². The molecule has 0 fully saturated rings. The second-order valence-corrected chi connectivity index (χ2v) is 13.8. The number of carbonyl (C=O) groups excluding carboxylic acids is 4. The van der Waals surface area contributed by atoms with Gasteiger partial charge in [-0.05, 0) is 66.5 Å². The van der Waals surface area contributed by atoms with Gasteiger partial charge in [0.25, 0.3) is 5.91 Å². The second kappa shape index (κ2) is 18.2. The smallest absolute Gasteiger partial charge is 0.429 e. The number of aromatic nitrogens is 1. The highest BCUT2D eigenvalue weighted by Crippen LogP contribution is 2.23. The molecule has 53 heavy (non-hydrogen) atoms. The third-order valence-corrected chi connectivity index (χ3v) is 7.09. The van der Waals surface area contributed by atoms with Gasteiger partial charge >= 0.3 is 18.2 Å². The van der Waals surface area contributed by atoms with Gasteiger partial charge in [0, 0.05) is 30.9 Å². The van der Waals surface area contributed by atoms with Crippen molar-refractivity contribution in [3.63, 3.8) is 0 Å². The zero-order valence-electron chi connectivity index (χ0n) is 31.1. The molecule has 0 bridgehead atoms. The first-order valence-corrected chi connectivity index (χ1v) is 16.7. The van der Waals surface area contributed by atoms with Crippen LogP contribution in [0.5, 0.6) is 5.75 Å². The predicted molar refractivity (Wildman–Crippen MR) is 192 cm³/mol. The third-order valence-electron chi connectivity index (χ3n) is 7.09. The van der Waals surface area contributed by atoms with Crippen molar-refractivity contribution in [1.29, 1.82) is 0 Å². The molecule has 2 N–H and O–H groups in total. The van der Waals surface area contributed by atoms with Gasteiger partial charge in [-0.3, -0.25) is 9.59 Å². The fraction of sp³-hybridized carbons (Fsp3) is 0.395. The molecule has 13 nitrogen and oxygen atoms in total. The standard InChI is InChI=1S/C38H46F2N4O9/c1-24(14-12-13-19-41-35(48)52-37(2,3)4)44(36(49)53-38(5,6)7)43-22-28(33(46)42-21-26-17-18-27(39)20-29(26)40)31(45)32(30(43)34(47)50-8)51-23-25-15-10-9-11-16-25/h9-13,15-18,20,22,24H,14,19,21,23H2,1-8H3,(H,41,48)(H,42,46)/b13-12-/t24-/m0/s1. The largest absolute Gasteiger partial charge is 0.482 e. The lowest BCUT2D eigenvalue weighted by atomic mass is 10.1. The summed E-state index contributed by atoms with van der Waals surface area (Å²) in [5.41, 5.74) is -3.31. The van der Waals surface area contributed by atoms with Crippen molar-refractivity contribution in [2.45, 2.75) is 85.3 Å². The van der Waals surface area contributed by atoms with E-state index in [4.69, 9.17) is 18.9 Å². The second-order valence-electron chi connectivity index (χ2n) is 13.8. The van der Waals surface area contributed by atoms with Crippen molar-refractivity contribution in [2.24, 2.45) is 0 Å². The van der Waals surface area contributed by atoms with Crippen LogP contribution in [0.25, 0.3) is 0 Å². The van der Waals surface area contributed by atoms with Gasteiger partial charge in [0.05, 0.1) is 13.2 Å². The Hall–Kier alpha value is -5.73. The molecule has 0 radical (unpaired) electrons. The monoisotopic (exact) mass is 740 g/mol. The summed E-state index contributed by atoms with van der Waals surface area (Å²) >= 11 is 0. The van der Waals surface area contributed by atoms with Gasteiger partial charge in [0.15, 0.2) is 5.69 Å². The molecule has 0 aliphatic rings. The number of nitrogens with zero attached hydrogens (tertiary/aromatic N) is 2.